The number of nitro groups is 1. The zero-order valence-electron chi connectivity index (χ0n) is 16.5. The number of fused-ring (bicyclic) bond motifs is 1. The summed E-state index contributed by atoms with van der Waals surface area (Å²) in [5.41, 5.74) is 0.448. The highest BCUT2D eigenvalue weighted by Gasteiger charge is 2.30. The average molecular weight is 421 g/mol. The molecule has 0 saturated carbocycles. The van der Waals surface area contributed by atoms with E-state index in [0.717, 1.165) is 5.82 Å². The van der Waals surface area contributed by atoms with Gasteiger partial charge in [0.2, 0.25) is 18.4 Å². The molecule has 11 nitrogen and oxygen atoms in total. The van der Waals surface area contributed by atoms with Crippen LogP contribution in [0.1, 0.15) is 0 Å². The maximum Gasteiger partial charge on any atom is 0.353 e. The van der Waals surface area contributed by atoms with Crippen molar-refractivity contribution in [1.29, 1.82) is 0 Å². The second-order valence-corrected chi connectivity index (χ2v) is 7.01. The first kappa shape index (κ1) is 18.9. The highest BCUT2D eigenvalue weighted by atomic mass is 16.7. The molecule has 0 atom stereocenters. The molecule has 0 spiro atoms. The predicted octanol–water partition coefficient (Wildman–Crippen LogP) is 2.58. The Hall–Kier alpha value is -4.15. The normalized spacial score (nSPS) is 15.1. The molecule has 0 radical (unpaired) electrons. The topological polar surface area (TPSA) is 119 Å². The average Bonchev–Trinajstić information content (AvgIpc) is 3.27. The first-order valence-electron chi connectivity index (χ1n) is 9.76. The number of hydrogen-bond donors (Lipinski definition) is 1. The highest BCUT2D eigenvalue weighted by Crippen LogP contribution is 2.38. The van der Waals surface area contributed by atoms with Crippen molar-refractivity contribution < 1.29 is 14.4 Å². The summed E-state index contributed by atoms with van der Waals surface area (Å²) in [6.07, 6.45) is 3.09. The maximum absolute atomic E-state index is 11.9. The Bertz CT molecular complexity index is 1100. The number of rotatable bonds is 5. The zero-order valence-corrected chi connectivity index (χ0v) is 16.5. The number of pyridine rings is 1. The molecule has 158 valence electrons. The van der Waals surface area contributed by atoms with Crippen molar-refractivity contribution in [3.8, 4) is 11.5 Å². The lowest BCUT2D eigenvalue weighted by Crippen LogP contribution is -2.47. The highest BCUT2D eigenvalue weighted by molar-refractivity contribution is 5.75. The summed E-state index contributed by atoms with van der Waals surface area (Å²) in [6, 6.07) is 11.0. The molecule has 1 aromatic carbocycles. The van der Waals surface area contributed by atoms with Crippen molar-refractivity contribution >= 4 is 28.8 Å². The molecule has 0 amide bonds. The smallest absolute Gasteiger partial charge is 0.353 e. The van der Waals surface area contributed by atoms with E-state index in [1.807, 2.05) is 23.1 Å². The number of ether oxygens (including phenoxy) is 2. The summed E-state index contributed by atoms with van der Waals surface area (Å²) in [7, 11) is 0. The van der Waals surface area contributed by atoms with Gasteiger partial charge in [-0.25, -0.2) is 15.0 Å². The molecule has 1 fully saturated rings. The summed E-state index contributed by atoms with van der Waals surface area (Å²) in [4.78, 5) is 28.3. The van der Waals surface area contributed by atoms with Gasteiger partial charge in [0.05, 0.1) is 4.92 Å². The van der Waals surface area contributed by atoms with E-state index in [-0.39, 0.29) is 18.3 Å². The van der Waals surface area contributed by atoms with Crippen LogP contribution in [0.5, 0.6) is 11.5 Å². The van der Waals surface area contributed by atoms with Gasteiger partial charge >= 0.3 is 5.69 Å². The Morgan fingerprint density at radius 2 is 1.77 bits per heavy atom. The van der Waals surface area contributed by atoms with Crippen molar-refractivity contribution in [2.24, 2.45) is 0 Å². The van der Waals surface area contributed by atoms with E-state index in [2.05, 4.69) is 25.2 Å². The van der Waals surface area contributed by atoms with E-state index >= 15 is 0 Å². The van der Waals surface area contributed by atoms with Crippen LogP contribution in [-0.4, -0.2) is 52.8 Å². The van der Waals surface area contributed by atoms with E-state index in [0.29, 0.717) is 49.2 Å². The third-order valence-corrected chi connectivity index (χ3v) is 5.17. The largest absolute Gasteiger partial charge is 0.454 e. The molecule has 2 aliphatic heterocycles. The lowest BCUT2D eigenvalue weighted by atomic mass is 10.2. The molecule has 0 aliphatic carbocycles. The second kappa shape index (κ2) is 7.94. The Balaban J connectivity index is 1.38. The minimum absolute atomic E-state index is 0.126. The molecule has 31 heavy (non-hydrogen) atoms. The molecule has 2 aliphatic rings. The molecule has 4 heterocycles. The van der Waals surface area contributed by atoms with Gasteiger partial charge in [0.15, 0.2) is 11.5 Å². The van der Waals surface area contributed by atoms with Crippen LogP contribution in [0.3, 0.4) is 0 Å². The van der Waals surface area contributed by atoms with Gasteiger partial charge in [-0.1, -0.05) is 6.07 Å². The number of hydrogen-bond acceptors (Lipinski definition) is 10. The van der Waals surface area contributed by atoms with Crippen molar-refractivity contribution in [3.63, 3.8) is 0 Å². The third-order valence-electron chi connectivity index (χ3n) is 5.17. The number of benzene rings is 1. The van der Waals surface area contributed by atoms with Gasteiger partial charge < -0.3 is 24.6 Å². The summed E-state index contributed by atoms with van der Waals surface area (Å²) < 4.78 is 10.7. The maximum atomic E-state index is 11.9. The third kappa shape index (κ3) is 3.72. The van der Waals surface area contributed by atoms with Gasteiger partial charge in [0.25, 0.3) is 0 Å². The molecular formula is C20H19N7O4. The fourth-order valence-electron chi connectivity index (χ4n) is 3.66. The molecule has 3 aromatic rings. The van der Waals surface area contributed by atoms with Crippen LogP contribution < -0.4 is 24.6 Å². The SMILES string of the molecule is O=[N+]([O-])c1c(Nc2ccc3c(c2)OCO3)ncnc1N1CCN(c2ccccn2)CC1. The lowest BCUT2D eigenvalue weighted by Gasteiger charge is -2.35. The Kier molecular flexibility index (Phi) is 4.83. The summed E-state index contributed by atoms with van der Waals surface area (Å²) in [6.45, 7) is 2.68. The van der Waals surface area contributed by atoms with Gasteiger partial charge in [-0.15, -0.1) is 0 Å². The van der Waals surface area contributed by atoms with Crippen molar-refractivity contribution in [2.45, 2.75) is 0 Å². The van der Waals surface area contributed by atoms with Gasteiger partial charge in [-0.3, -0.25) is 10.1 Å². The summed E-state index contributed by atoms with van der Waals surface area (Å²) in [5.74, 6) is 2.52. The second-order valence-electron chi connectivity index (χ2n) is 7.01. The molecule has 2 aromatic heterocycles. The zero-order chi connectivity index (χ0) is 21.2. The van der Waals surface area contributed by atoms with Crippen LogP contribution in [0, 0.1) is 10.1 Å². The van der Waals surface area contributed by atoms with E-state index in [4.69, 9.17) is 9.47 Å². The van der Waals surface area contributed by atoms with Gasteiger partial charge in [-0.2, -0.15) is 0 Å². The minimum Gasteiger partial charge on any atom is -0.454 e. The molecule has 1 N–H and O–H groups in total. The van der Waals surface area contributed by atoms with E-state index in [9.17, 15) is 10.1 Å². The number of nitrogens with zero attached hydrogens (tertiary/aromatic N) is 6. The molecule has 0 bridgehead atoms. The van der Waals surface area contributed by atoms with Crippen LogP contribution in [-0.2, 0) is 0 Å². The number of anilines is 4. The quantitative estimate of drug-likeness (QED) is 0.486. The number of aromatic nitrogens is 3. The lowest BCUT2D eigenvalue weighted by molar-refractivity contribution is -0.383. The summed E-state index contributed by atoms with van der Waals surface area (Å²) in [5, 5.41) is 15.0. The van der Waals surface area contributed by atoms with Gasteiger partial charge in [-0.05, 0) is 24.3 Å². The molecule has 0 unspecified atom stereocenters. The monoisotopic (exact) mass is 421 g/mol. The van der Waals surface area contributed by atoms with E-state index in [1.54, 1.807) is 24.4 Å². The first-order valence-corrected chi connectivity index (χ1v) is 9.76. The first-order chi connectivity index (χ1) is 15.2. The fraction of sp³-hybridized carbons (Fsp3) is 0.250. The van der Waals surface area contributed by atoms with Crippen LogP contribution >= 0.6 is 0 Å². The molecule has 11 heteroatoms. The Morgan fingerprint density at radius 1 is 0.968 bits per heavy atom. The van der Waals surface area contributed by atoms with Crippen LogP contribution in [0.25, 0.3) is 0 Å². The van der Waals surface area contributed by atoms with Crippen LogP contribution in [0.4, 0.5) is 28.8 Å². The van der Waals surface area contributed by atoms with Gasteiger partial charge in [0.1, 0.15) is 12.1 Å². The van der Waals surface area contributed by atoms with Crippen LogP contribution in [0.2, 0.25) is 0 Å². The predicted molar refractivity (Wildman–Crippen MR) is 113 cm³/mol. The standard InChI is InChI=1S/C20H19N7O4/c28-27(29)18-19(24-14-4-5-15-16(11-14)31-13-30-15)22-12-23-20(18)26-9-7-25(8-10-26)17-3-1-2-6-21-17/h1-6,11-12H,7-10,13H2,(H,22,23,24). The minimum atomic E-state index is -0.449. The van der Waals surface area contributed by atoms with Crippen LogP contribution in [0.15, 0.2) is 48.9 Å². The fourth-order valence-corrected chi connectivity index (χ4v) is 3.66. The molecule has 5 rings (SSSR count). The Labute approximate surface area is 177 Å². The summed E-state index contributed by atoms with van der Waals surface area (Å²) >= 11 is 0. The Morgan fingerprint density at radius 3 is 2.55 bits per heavy atom. The van der Waals surface area contributed by atoms with E-state index < -0.39 is 4.92 Å². The molecular weight excluding hydrogens is 402 g/mol. The number of piperazine rings is 1. The van der Waals surface area contributed by atoms with E-state index in [1.165, 1.54) is 6.33 Å². The molecule has 1 saturated heterocycles. The van der Waals surface area contributed by atoms with Crippen molar-refractivity contribution in [1.82, 2.24) is 15.0 Å². The van der Waals surface area contributed by atoms with Crippen molar-refractivity contribution in [3.05, 3.63) is 59.0 Å². The van der Waals surface area contributed by atoms with Crippen molar-refractivity contribution in [2.75, 3.05) is 48.1 Å². The number of nitrogens with one attached hydrogen (secondary N) is 1. The van der Waals surface area contributed by atoms with Gasteiger partial charge in [0, 0.05) is 44.1 Å².